The second kappa shape index (κ2) is 5.19. The van der Waals surface area contributed by atoms with E-state index in [9.17, 15) is 10.2 Å². The van der Waals surface area contributed by atoms with Crippen molar-refractivity contribution >= 4 is 18.3 Å². The minimum absolute atomic E-state index is 0.430. The molecule has 0 saturated carbocycles. The van der Waals surface area contributed by atoms with Crippen molar-refractivity contribution < 1.29 is 10.2 Å². The first kappa shape index (κ1) is 11.3. The van der Waals surface area contributed by atoms with Gasteiger partial charge < -0.3 is 15.9 Å². The Morgan fingerprint density at radius 3 is 2.71 bits per heavy atom. The van der Waals surface area contributed by atoms with E-state index in [-0.39, 0.29) is 0 Å². The zero-order chi connectivity index (χ0) is 10.6. The molecule has 0 fully saturated rings. The Hall–Kier alpha value is -0.780. The van der Waals surface area contributed by atoms with Gasteiger partial charge in [-0.05, 0) is 18.2 Å². The van der Waals surface area contributed by atoms with Gasteiger partial charge in [-0.25, -0.2) is 0 Å². The van der Waals surface area contributed by atoms with Gasteiger partial charge in [0.25, 0.3) is 0 Å². The number of thiol groups is 1. The van der Waals surface area contributed by atoms with Crippen LogP contribution in [0.1, 0.15) is 18.1 Å². The monoisotopic (exact) mass is 214 g/mol. The predicted molar refractivity (Wildman–Crippen MR) is 58.1 cm³/mol. The number of hydrogen-bond donors (Lipinski definition) is 4. The van der Waals surface area contributed by atoms with Crippen molar-refractivity contribution in [2.75, 3.05) is 11.5 Å². The third-order valence-corrected chi connectivity index (χ3v) is 2.17. The number of rotatable bonds is 4. The summed E-state index contributed by atoms with van der Waals surface area (Å²) >= 11 is 3.98. The molecular formula is C9H14N2O2S. The van der Waals surface area contributed by atoms with Crippen LogP contribution in [0.3, 0.4) is 0 Å². The van der Waals surface area contributed by atoms with E-state index in [1.165, 1.54) is 12.4 Å². The lowest BCUT2D eigenvalue weighted by Gasteiger charge is -2.16. The number of nitrogen functional groups attached to an aromatic ring is 1. The molecule has 2 atom stereocenters. The number of hydrogen-bond acceptors (Lipinski definition) is 5. The van der Waals surface area contributed by atoms with Crippen LogP contribution < -0.4 is 5.73 Å². The molecule has 0 aliphatic heterocycles. The number of nitrogens with two attached hydrogens (primary N) is 1. The van der Waals surface area contributed by atoms with E-state index in [0.717, 1.165) is 0 Å². The van der Waals surface area contributed by atoms with Crippen molar-refractivity contribution in [3.05, 3.63) is 24.0 Å². The van der Waals surface area contributed by atoms with Crippen molar-refractivity contribution in [2.45, 2.75) is 18.6 Å². The summed E-state index contributed by atoms with van der Waals surface area (Å²) in [6, 6.07) is 1.60. The van der Waals surface area contributed by atoms with Crippen molar-refractivity contribution in [3.63, 3.8) is 0 Å². The van der Waals surface area contributed by atoms with Crippen LogP contribution in [0, 0.1) is 0 Å². The number of aliphatic hydroxyl groups is 2. The summed E-state index contributed by atoms with van der Waals surface area (Å²) in [6.45, 7) is 0. The zero-order valence-corrected chi connectivity index (χ0v) is 8.56. The highest BCUT2D eigenvalue weighted by Gasteiger charge is 2.17. The van der Waals surface area contributed by atoms with E-state index in [4.69, 9.17) is 5.73 Å². The summed E-state index contributed by atoms with van der Waals surface area (Å²) in [6.07, 6.45) is 1.64. The van der Waals surface area contributed by atoms with Gasteiger partial charge in [0.05, 0.1) is 11.8 Å². The Morgan fingerprint density at radius 1 is 1.43 bits per heavy atom. The number of anilines is 1. The largest absolute Gasteiger partial charge is 0.397 e. The zero-order valence-electron chi connectivity index (χ0n) is 7.67. The molecule has 0 saturated heterocycles. The van der Waals surface area contributed by atoms with Crippen molar-refractivity contribution in [3.8, 4) is 0 Å². The highest BCUT2D eigenvalue weighted by Crippen LogP contribution is 2.19. The molecule has 0 radical (unpaired) electrons. The van der Waals surface area contributed by atoms with Crippen LogP contribution in [0.4, 0.5) is 5.69 Å². The quantitative estimate of drug-likeness (QED) is 0.546. The molecule has 5 heteroatoms. The molecule has 14 heavy (non-hydrogen) atoms. The highest BCUT2D eigenvalue weighted by atomic mass is 32.1. The van der Waals surface area contributed by atoms with Crippen molar-refractivity contribution in [2.24, 2.45) is 0 Å². The molecular weight excluding hydrogens is 200 g/mol. The van der Waals surface area contributed by atoms with E-state index in [0.29, 0.717) is 23.4 Å². The average Bonchev–Trinajstić information content (AvgIpc) is 2.17. The molecule has 0 aliphatic carbocycles. The van der Waals surface area contributed by atoms with Crippen LogP contribution in [0.2, 0.25) is 0 Å². The first-order valence-corrected chi connectivity index (χ1v) is 4.96. The summed E-state index contributed by atoms with van der Waals surface area (Å²) in [4.78, 5) is 3.83. The molecule has 4 nitrogen and oxygen atoms in total. The van der Waals surface area contributed by atoms with Gasteiger partial charge in [-0.2, -0.15) is 12.6 Å². The second-order valence-corrected chi connectivity index (χ2v) is 3.52. The molecule has 1 aromatic heterocycles. The number of pyridine rings is 1. The second-order valence-electron chi connectivity index (χ2n) is 3.08. The minimum atomic E-state index is -0.946. The first-order valence-electron chi connectivity index (χ1n) is 4.32. The van der Waals surface area contributed by atoms with Gasteiger partial charge in [-0.15, -0.1) is 0 Å². The summed E-state index contributed by atoms with van der Waals surface area (Å²) < 4.78 is 0. The summed E-state index contributed by atoms with van der Waals surface area (Å²) in [5, 5.41) is 19.2. The van der Waals surface area contributed by atoms with E-state index < -0.39 is 12.2 Å². The van der Waals surface area contributed by atoms with E-state index in [1.807, 2.05) is 0 Å². The van der Waals surface area contributed by atoms with Gasteiger partial charge in [0, 0.05) is 18.0 Å². The Bertz CT molecular complexity index is 296. The molecule has 1 rings (SSSR count). The number of aromatic nitrogens is 1. The molecule has 2 unspecified atom stereocenters. The van der Waals surface area contributed by atoms with E-state index in [1.54, 1.807) is 6.07 Å². The highest BCUT2D eigenvalue weighted by molar-refractivity contribution is 7.80. The van der Waals surface area contributed by atoms with Gasteiger partial charge in [-0.3, -0.25) is 4.98 Å². The first-order chi connectivity index (χ1) is 6.65. The average molecular weight is 214 g/mol. The molecule has 78 valence electrons. The molecule has 0 amide bonds. The fourth-order valence-corrected chi connectivity index (χ4v) is 1.41. The molecule has 0 aliphatic rings. The molecule has 0 bridgehead atoms. The lowest BCUT2D eigenvalue weighted by Crippen LogP contribution is -2.18. The Morgan fingerprint density at radius 2 is 2.14 bits per heavy atom. The van der Waals surface area contributed by atoms with Gasteiger partial charge in [0.2, 0.25) is 0 Å². The number of aliphatic hydroxyl groups excluding tert-OH is 2. The molecule has 1 aromatic rings. The summed E-state index contributed by atoms with van der Waals surface area (Å²) in [5.74, 6) is 0.522. The molecule has 0 aromatic carbocycles. The predicted octanol–water partition coefficient (Wildman–Crippen LogP) is 0.378. The molecule has 1 heterocycles. The van der Waals surface area contributed by atoms with E-state index in [2.05, 4.69) is 17.6 Å². The smallest absolute Gasteiger partial charge is 0.106 e. The fourth-order valence-electron chi connectivity index (χ4n) is 1.15. The fraction of sp³-hybridized carbons (Fsp3) is 0.444. The van der Waals surface area contributed by atoms with E-state index >= 15 is 0 Å². The summed E-state index contributed by atoms with van der Waals surface area (Å²) in [7, 11) is 0. The SMILES string of the molecule is Nc1cncc(C(O)C(O)CCS)c1. The van der Waals surface area contributed by atoms with Crippen molar-refractivity contribution in [1.29, 1.82) is 0 Å². The minimum Gasteiger partial charge on any atom is -0.397 e. The van der Waals surface area contributed by atoms with Crippen LogP contribution in [0.15, 0.2) is 18.5 Å². The standard InChI is InChI=1S/C9H14N2O2S/c10-7-3-6(4-11-5-7)9(13)8(12)1-2-14/h3-5,8-9,12-14H,1-2,10H2. The maximum Gasteiger partial charge on any atom is 0.106 e. The number of nitrogens with zero attached hydrogens (tertiary/aromatic N) is 1. The third kappa shape index (κ3) is 2.87. The van der Waals surface area contributed by atoms with Crippen LogP contribution in [-0.2, 0) is 0 Å². The van der Waals surface area contributed by atoms with Gasteiger partial charge in [0.15, 0.2) is 0 Å². The van der Waals surface area contributed by atoms with Gasteiger partial charge in [-0.1, -0.05) is 0 Å². The van der Waals surface area contributed by atoms with Crippen molar-refractivity contribution in [1.82, 2.24) is 4.98 Å². The molecule has 4 N–H and O–H groups in total. The van der Waals surface area contributed by atoms with Gasteiger partial charge >= 0.3 is 0 Å². The normalized spacial score (nSPS) is 15.1. The Labute approximate surface area is 88.2 Å². The van der Waals surface area contributed by atoms with Crippen LogP contribution in [0.5, 0.6) is 0 Å². The lowest BCUT2D eigenvalue weighted by molar-refractivity contribution is 0.0171. The van der Waals surface area contributed by atoms with Gasteiger partial charge in [0.1, 0.15) is 6.10 Å². The lowest BCUT2D eigenvalue weighted by atomic mass is 10.0. The van der Waals surface area contributed by atoms with Crippen LogP contribution >= 0.6 is 12.6 Å². The Kier molecular flexibility index (Phi) is 4.19. The molecule has 0 spiro atoms. The maximum atomic E-state index is 9.67. The summed E-state index contributed by atoms with van der Waals surface area (Å²) in [5.41, 5.74) is 6.50. The third-order valence-electron chi connectivity index (χ3n) is 1.91. The topological polar surface area (TPSA) is 79.4 Å². The van der Waals surface area contributed by atoms with Crippen LogP contribution in [0.25, 0.3) is 0 Å². The van der Waals surface area contributed by atoms with Crippen LogP contribution in [-0.4, -0.2) is 27.1 Å². The Balaban J connectivity index is 2.73. The maximum absolute atomic E-state index is 9.67.